The van der Waals surface area contributed by atoms with Crippen LogP contribution in [-0.2, 0) is 0 Å². The molecule has 12 rings (SSSR count). The number of para-hydroxylation sites is 3. The molecule has 0 saturated heterocycles. The zero-order chi connectivity index (χ0) is 42.4. The van der Waals surface area contributed by atoms with Crippen LogP contribution in [-0.4, -0.2) is 14.5 Å². The highest BCUT2D eigenvalue weighted by Crippen LogP contribution is 2.54. The third kappa shape index (κ3) is 6.48. The van der Waals surface area contributed by atoms with Gasteiger partial charge < -0.3 is 9.47 Å². The number of aromatic nitrogens is 3. The first kappa shape index (κ1) is 37.2. The van der Waals surface area contributed by atoms with Crippen molar-refractivity contribution in [2.24, 2.45) is 0 Å². The molecule has 0 atom stereocenters. The molecule has 2 aromatic heterocycles. The molecule has 1 aliphatic rings. The molecule has 0 bridgehead atoms. The van der Waals surface area contributed by atoms with E-state index in [1.54, 1.807) is 0 Å². The van der Waals surface area contributed by atoms with Crippen LogP contribution in [0.2, 0.25) is 0 Å². The highest BCUT2D eigenvalue weighted by molar-refractivity contribution is 6.13. The third-order valence-electron chi connectivity index (χ3n) is 12.3. The van der Waals surface area contributed by atoms with Gasteiger partial charge in [-0.2, -0.15) is 0 Å². The van der Waals surface area contributed by atoms with E-state index in [2.05, 4.69) is 228 Å². The standard InChI is InChI=1S/C60H40N4/c1-4-18-41(19-5-1)42-34-36-48(37-35-42)64-56-32-14-11-29-51(56)58-50-28-10-13-31-55(50)63(57-33-15-12-30-52(57)59(58)64)49-27-17-25-46(39-49)45-24-16-26-47(38-45)54-40-53(43-20-6-2-7-21-43)61-60(62-54)44-22-8-3-9-23-44/h1-40H. The predicted molar refractivity (Wildman–Crippen MR) is 265 cm³/mol. The molecule has 0 amide bonds. The van der Waals surface area contributed by atoms with E-state index in [0.717, 1.165) is 67.5 Å². The lowest BCUT2D eigenvalue weighted by Gasteiger charge is -2.28. The molecule has 1 aliphatic heterocycles. The number of fused-ring (bicyclic) bond motifs is 7. The van der Waals surface area contributed by atoms with Gasteiger partial charge in [0.25, 0.3) is 0 Å². The van der Waals surface area contributed by atoms with Gasteiger partial charge in [0, 0.05) is 50.1 Å². The van der Waals surface area contributed by atoms with E-state index in [1.807, 2.05) is 24.3 Å². The molecule has 0 spiro atoms. The van der Waals surface area contributed by atoms with Crippen LogP contribution in [0.1, 0.15) is 0 Å². The molecule has 0 N–H and O–H groups in total. The Labute approximate surface area is 372 Å². The summed E-state index contributed by atoms with van der Waals surface area (Å²) in [4.78, 5) is 12.6. The SMILES string of the molecule is c1ccc(-c2ccc(-n3c4c(c5ccccc53)-c3ccccc3N(c3cccc(-c5cccc(-c6cc(-c7ccccc7)nc(-c7ccccc7)n6)c5)c3)c3ccccc3-4)cc2)cc1. The van der Waals surface area contributed by atoms with Gasteiger partial charge in [0.05, 0.1) is 34.0 Å². The van der Waals surface area contributed by atoms with E-state index in [-0.39, 0.29) is 0 Å². The van der Waals surface area contributed by atoms with Crippen molar-refractivity contribution in [3.05, 3.63) is 243 Å². The summed E-state index contributed by atoms with van der Waals surface area (Å²) in [6, 6.07) is 86.5. The Morgan fingerprint density at radius 3 is 1.56 bits per heavy atom. The second-order valence-electron chi connectivity index (χ2n) is 16.2. The van der Waals surface area contributed by atoms with Crippen molar-refractivity contribution >= 4 is 28.0 Å². The van der Waals surface area contributed by atoms with Crippen LogP contribution < -0.4 is 4.90 Å². The van der Waals surface area contributed by atoms with Gasteiger partial charge in [-0.05, 0) is 76.9 Å². The molecule has 4 nitrogen and oxygen atoms in total. The average molecular weight is 817 g/mol. The van der Waals surface area contributed by atoms with Crippen molar-refractivity contribution in [2.45, 2.75) is 0 Å². The Morgan fingerprint density at radius 1 is 0.312 bits per heavy atom. The van der Waals surface area contributed by atoms with E-state index in [9.17, 15) is 0 Å². The highest BCUT2D eigenvalue weighted by Gasteiger charge is 2.31. The van der Waals surface area contributed by atoms with Crippen molar-refractivity contribution < 1.29 is 0 Å². The minimum absolute atomic E-state index is 0.703. The lowest BCUT2D eigenvalue weighted by molar-refractivity contribution is 1.13. The Balaban J connectivity index is 0.996. The van der Waals surface area contributed by atoms with Crippen LogP contribution in [0.3, 0.4) is 0 Å². The summed E-state index contributed by atoms with van der Waals surface area (Å²) in [7, 11) is 0. The summed E-state index contributed by atoms with van der Waals surface area (Å²) in [6.07, 6.45) is 0. The van der Waals surface area contributed by atoms with E-state index in [4.69, 9.17) is 9.97 Å². The van der Waals surface area contributed by atoms with Gasteiger partial charge in [-0.15, -0.1) is 0 Å². The third-order valence-corrected chi connectivity index (χ3v) is 12.3. The fraction of sp³-hybridized carbons (Fsp3) is 0. The zero-order valence-electron chi connectivity index (χ0n) is 34.9. The Kier molecular flexibility index (Phi) is 9.12. The van der Waals surface area contributed by atoms with Crippen molar-refractivity contribution in [3.8, 4) is 84.2 Å². The Morgan fingerprint density at radius 2 is 0.828 bits per heavy atom. The van der Waals surface area contributed by atoms with Crippen molar-refractivity contribution in [3.63, 3.8) is 0 Å². The molecule has 3 heterocycles. The average Bonchev–Trinajstić information content (AvgIpc) is 3.66. The molecule has 9 aromatic carbocycles. The number of hydrogen-bond acceptors (Lipinski definition) is 3. The maximum Gasteiger partial charge on any atom is 0.160 e. The highest BCUT2D eigenvalue weighted by atomic mass is 15.2. The fourth-order valence-electron chi connectivity index (χ4n) is 9.38. The molecule has 0 radical (unpaired) electrons. The number of nitrogens with zero attached hydrogens (tertiary/aromatic N) is 4. The summed E-state index contributed by atoms with van der Waals surface area (Å²) in [5, 5.41) is 1.22. The molecule has 0 saturated carbocycles. The zero-order valence-corrected chi connectivity index (χ0v) is 34.9. The van der Waals surface area contributed by atoms with Gasteiger partial charge in [0.1, 0.15) is 0 Å². The first-order chi connectivity index (χ1) is 31.7. The van der Waals surface area contributed by atoms with E-state index in [1.165, 1.54) is 38.9 Å². The lowest BCUT2D eigenvalue weighted by Crippen LogP contribution is -2.11. The van der Waals surface area contributed by atoms with Gasteiger partial charge in [-0.25, -0.2) is 9.97 Å². The first-order valence-electron chi connectivity index (χ1n) is 21.7. The molecule has 4 heteroatoms. The Hall–Kier alpha value is -8.60. The number of rotatable bonds is 7. The topological polar surface area (TPSA) is 34.0 Å². The van der Waals surface area contributed by atoms with Crippen molar-refractivity contribution in [1.29, 1.82) is 0 Å². The van der Waals surface area contributed by atoms with Crippen LogP contribution in [0, 0.1) is 0 Å². The minimum Gasteiger partial charge on any atom is -0.309 e. The Bertz CT molecular complexity index is 3430. The summed E-state index contributed by atoms with van der Waals surface area (Å²) in [5.74, 6) is 0.703. The summed E-state index contributed by atoms with van der Waals surface area (Å²) >= 11 is 0. The van der Waals surface area contributed by atoms with E-state index >= 15 is 0 Å². The summed E-state index contributed by atoms with van der Waals surface area (Å²) in [6.45, 7) is 0. The van der Waals surface area contributed by atoms with Gasteiger partial charge in [0.2, 0.25) is 0 Å². The van der Waals surface area contributed by atoms with E-state index < -0.39 is 0 Å². The van der Waals surface area contributed by atoms with Gasteiger partial charge in [-0.1, -0.05) is 188 Å². The molecule has 0 aliphatic carbocycles. The monoisotopic (exact) mass is 816 g/mol. The molecule has 64 heavy (non-hydrogen) atoms. The van der Waals surface area contributed by atoms with Crippen LogP contribution in [0.25, 0.3) is 95.1 Å². The van der Waals surface area contributed by atoms with Crippen LogP contribution in [0.4, 0.5) is 17.1 Å². The fourth-order valence-corrected chi connectivity index (χ4v) is 9.38. The van der Waals surface area contributed by atoms with E-state index in [0.29, 0.717) is 5.82 Å². The number of benzene rings is 9. The quantitative estimate of drug-likeness (QED) is 0.161. The maximum atomic E-state index is 5.15. The largest absolute Gasteiger partial charge is 0.309 e. The maximum absolute atomic E-state index is 5.15. The predicted octanol–water partition coefficient (Wildman–Crippen LogP) is 15.9. The summed E-state index contributed by atoms with van der Waals surface area (Å²) < 4.78 is 2.46. The molecule has 0 fully saturated rings. The smallest absolute Gasteiger partial charge is 0.160 e. The van der Waals surface area contributed by atoms with Gasteiger partial charge in [0.15, 0.2) is 5.82 Å². The van der Waals surface area contributed by atoms with Crippen LogP contribution in [0.15, 0.2) is 243 Å². The van der Waals surface area contributed by atoms with Crippen molar-refractivity contribution in [2.75, 3.05) is 4.90 Å². The van der Waals surface area contributed by atoms with Crippen LogP contribution >= 0.6 is 0 Å². The molecule has 11 aromatic rings. The van der Waals surface area contributed by atoms with Crippen molar-refractivity contribution in [1.82, 2.24) is 14.5 Å². The molecular formula is C60H40N4. The summed E-state index contributed by atoms with van der Waals surface area (Å²) in [5.41, 5.74) is 19.8. The van der Waals surface area contributed by atoms with Gasteiger partial charge in [-0.3, -0.25) is 0 Å². The first-order valence-corrected chi connectivity index (χ1v) is 21.7. The molecule has 300 valence electrons. The molecule has 0 unspecified atom stereocenters. The van der Waals surface area contributed by atoms with Crippen LogP contribution in [0.5, 0.6) is 0 Å². The number of anilines is 3. The normalized spacial score (nSPS) is 11.7. The second-order valence-corrected chi connectivity index (χ2v) is 16.2. The molecular weight excluding hydrogens is 777 g/mol. The number of hydrogen-bond donors (Lipinski definition) is 0. The lowest BCUT2D eigenvalue weighted by atomic mass is 9.98. The minimum atomic E-state index is 0.703. The van der Waals surface area contributed by atoms with Gasteiger partial charge >= 0.3 is 0 Å². The second kappa shape index (κ2) is 15.7.